The number of rotatable bonds is 4. The summed E-state index contributed by atoms with van der Waals surface area (Å²) in [6.07, 6.45) is 0. The lowest BCUT2D eigenvalue weighted by atomic mass is 10.2. The highest BCUT2D eigenvalue weighted by Gasteiger charge is 2.15. The Bertz CT molecular complexity index is 1120. The molecular weight excluding hydrogens is 370 g/mol. The van der Waals surface area contributed by atoms with E-state index in [0.29, 0.717) is 47.3 Å². The van der Waals surface area contributed by atoms with Gasteiger partial charge in [-0.3, -0.25) is 4.79 Å². The van der Waals surface area contributed by atoms with Gasteiger partial charge in [-0.1, -0.05) is 6.07 Å². The number of fused-ring (bicyclic) bond motifs is 1. The molecule has 0 aliphatic carbocycles. The molecule has 2 heterocycles. The Hall–Kier alpha value is -4.12. The summed E-state index contributed by atoms with van der Waals surface area (Å²) in [5, 5.41) is 14.9. The molecule has 1 aliphatic rings. The van der Waals surface area contributed by atoms with Crippen LogP contribution in [0.5, 0.6) is 11.5 Å². The molecule has 0 saturated carbocycles. The van der Waals surface area contributed by atoms with E-state index in [1.54, 1.807) is 55.5 Å². The molecule has 4 rings (SSSR count). The normalized spacial score (nSPS) is 12.0. The number of hydrogen-bond acceptors (Lipinski definition) is 7. The Morgan fingerprint density at radius 1 is 1.03 bits per heavy atom. The van der Waals surface area contributed by atoms with Crippen molar-refractivity contribution >= 4 is 23.2 Å². The molecule has 0 unspecified atom stereocenters. The molecule has 0 saturated heterocycles. The molecule has 0 spiro atoms. The molecule has 1 aliphatic heterocycles. The minimum atomic E-state index is -0.374. The van der Waals surface area contributed by atoms with Gasteiger partial charge in [0, 0.05) is 23.1 Å². The van der Waals surface area contributed by atoms with Crippen LogP contribution in [0.2, 0.25) is 0 Å². The van der Waals surface area contributed by atoms with Crippen LogP contribution in [0, 0.1) is 18.3 Å². The van der Waals surface area contributed by atoms with Gasteiger partial charge in [0.15, 0.2) is 11.5 Å². The zero-order chi connectivity index (χ0) is 20.2. The first-order valence-corrected chi connectivity index (χ1v) is 8.94. The number of anilines is 3. The van der Waals surface area contributed by atoms with Gasteiger partial charge in [0.2, 0.25) is 5.95 Å². The van der Waals surface area contributed by atoms with Crippen molar-refractivity contribution in [2.45, 2.75) is 6.92 Å². The van der Waals surface area contributed by atoms with Crippen LogP contribution in [0.15, 0.2) is 48.5 Å². The summed E-state index contributed by atoms with van der Waals surface area (Å²) in [7, 11) is 0. The molecule has 2 N–H and O–H groups in total. The van der Waals surface area contributed by atoms with Crippen LogP contribution in [0.1, 0.15) is 21.7 Å². The molecule has 144 valence electrons. The average Bonchev–Trinajstić information content (AvgIpc) is 2.73. The zero-order valence-electron chi connectivity index (χ0n) is 15.6. The van der Waals surface area contributed by atoms with E-state index in [0.717, 1.165) is 0 Å². The summed E-state index contributed by atoms with van der Waals surface area (Å²) in [5.41, 5.74) is 2.59. The van der Waals surface area contributed by atoms with E-state index in [4.69, 9.17) is 14.7 Å². The van der Waals surface area contributed by atoms with Gasteiger partial charge in [-0.25, -0.2) is 9.97 Å². The third-order valence-electron chi connectivity index (χ3n) is 4.13. The second-order valence-corrected chi connectivity index (χ2v) is 6.35. The number of carbonyl (C=O) groups is 1. The third kappa shape index (κ3) is 4.25. The lowest BCUT2D eigenvalue weighted by Gasteiger charge is -2.19. The maximum atomic E-state index is 12.7. The van der Waals surface area contributed by atoms with Crippen LogP contribution < -0.4 is 20.1 Å². The van der Waals surface area contributed by atoms with Crippen LogP contribution in [0.25, 0.3) is 0 Å². The van der Waals surface area contributed by atoms with Crippen LogP contribution in [-0.2, 0) is 0 Å². The van der Waals surface area contributed by atoms with E-state index < -0.39 is 0 Å². The monoisotopic (exact) mass is 387 g/mol. The van der Waals surface area contributed by atoms with Gasteiger partial charge in [0.1, 0.15) is 18.9 Å². The van der Waals surface area contributed by atoms with Crippen molar-refractivity contribution in [3.63, 3.8) is 0 Å². The Morgan fingerprint density at radius 3 is 2.69 bits per heavy atom. The molecule has 0 radical (unpaired) electrons. The van der Waals surface area contributed by atoms with Crippen molar-refractivity contribution in [2.24, 2.45) is 0 Å². The average molecular weight is 387 g/mol. The predicted molar refractivity (Wildman–Crippen MR) is 107 cm³/mol. The number of ether oxygens (including phenoxy) is 2. The van der Waals surface area contributed by atoms with Gasteiger partial charge in [0.05, 0.1) is 11.6 Å². The second-order valence-electron chi connectivity index (χ2n) is 6.35. The molecule has 3 aromatic rings. The largest absolute Gasteiger partial charge is 0.486 e. The Morgan fingerprint density at radius 2 is 1.86 bits per heavy atom. The van der Waals surface area contributed by atoms with Gasteiger partial charge >= 0.3 is 0 Å². The van der Waals surface area contributed by atoms with Crippen molar-refractivity contribution < 1.29 is 14.3 Å². The number of nitrogens with zero attached hydrogens (tertiary/aromatic N) is 3. The quantitative estimate of drug-likeness (QED) is 0.706. The fraction of sp³-hybridized carbons (Fsp3) is 0.143. The Balaban J connectivity index is 1.53. The predicted octanol–water partition coefficient (Wildman–Crippen LogP) is 3.42. The highest BCUT2D eigenvalue weighted by atomic mass is 16.6. The SMILES string of the molecule is Cc1cc(C(=O)Nc2ccc3c(c2)OCCO3)nc(Nc2cccc(C#N)c2)n1. The van der Waals surface area contributed by atoms with Crippen LogP contribution in [-0.4, -0.2) is 29.1 Å². The van der Waals surface area contributed by atoms with Crippen molar-refractivity contribution in [3.05, 3.63) is 65.5 Å². The van der Waals surface area contributed by atoms with Crippen LogP contribution in [0.3, 0.4) is 0 Å². The zero-order valence-corrected chi connectivity index (χ0v) is 15.6. The Kier molecular flexibility index (Phi) is 4.95. The molecule has 8 nitrogen and oxygen atoms in total. The molecule has 0 fully saturated rings. The number of aromatic nitrogens is 2. The van der Waals surface area contributed by atoms with Crippen LogP contribution in [0.4, 0.5) is 17.3 Å². The molecule has 8 heteroatoms. The molecule has 0 atom stereocenters. The van der Waals surface area contributed by atoms with E-state index in [1.807, 2.05) is 0 Å². The lowest BCUT2D eigenvalue weighted by molar-refractivity contribution is 0.102. The number of hydrogen-bond donors (Lipinski definition) is 2. The number of benzene rings is 2. The first-order chi connectivity index (χ1) is 14.1. The van der Waals surface area contributed by atoms with E-state index in [9.17, 15) is 4.79 Å². The smallest absolute Gasteiger partial charge is 0.274 e. The van der Waals surface area contributed by atoms with Crippen molar-refractivity contribution in [3.8, 4) is 17.6 Å². The summed E-state index contributed by atoms with van der Waals surface area (Å²) in [6, 6.07) is 15.8. The van der Waals surface area contributed by atoms with Crippen molar-refractivity contribution in [1.29, 1.82) is 5.26 Å². The molecule has 29 heavy (non-hydrogen) atoms. The van der Waals surface area contributed by atoms with Crippen molar-refractivity contribution in [2.75, 3.05) is 23.8 Å². The summed E-state index contributed by atoms with van der Waals surface area (Å²) in [5.74, 6) is 1.14. The van der Waals surface area contributed by atoms with Crippen molar-refractivity contribution in [1.82, 2.24) is 9.97 Å². The first kappa shape index (κ1) is 18.3. The van der Waals surface area contributed by atoms with Gasteiger partial charge in [-0.15, -0.1) is 0 Å². The van der Waals surface area contributed by atoms with Crippen LogP contribution >= 0.6 is 0 Å². The maximum Gasteiger partial charge on any atom is 0.274 e. The van der Waals surface area contributed by atoms with E-state index in [1.165, 1.54) is 0 Å². The lowest BCUT2D eigenvalue weighted by Crippen LogP contribution is -2.17. The number of nitrogens with one attached hydrogen (secondary N) is 2. The highest BCUT2D eigenvalue weighted by molar-refractivity contribution is 6.03. The third-order valence-corrected chi connectivity index (χ3v) is 4.13. The van der Waals surface area contributed by atoms with E-state index in [-0.39, 0.29) is 17.5 Å². The minimum Gasteiger partial charge on any atom is -0.486 e. The van der Waals surface area contributed by atoms with E-state index >= 15 is 0 Å². The number of amides is 1. The number of carbonyl (C=O) groups excluding carboxylic acids is 1. The molecule has 1 aromatic heterocycles. The standard InChI is InChI=1S/C21H17N5O3/c1-13-9-17(26-21(23-13)25-15-4-2-3-14(10-15)12-22)20(27)24-16-5-6-18-19(11-16)29-8-7-28-18/h2-6,9-11H,7-8H2,1H3,(H,24,27)(H,23,25,26). The van der Waals surface area contributed by atoms with Gasteiger partial charge < -0.3 is 20.1 Å². The molecule has 1 amide bonds. The topological polar surface area (TPSA) is 109 Å². The maximum absolute atomic E-state index is 12.7. The second kappa shape index (κ2) is 7.86. The van der Waals surface area contributed by atoms with Gasteiger partial charge in [-0.2, -0.15) is 5.26 Å². The summed E-state index contributed by atoms with van der Waals surface area (Å²) in [4.78, 5) is 21.3. The summed E-state index contributed by atoms with van der Waals surface area (Å²) in [6.45, 7) is 2.75. The van der Waals surface area contributed by atoms with Gasteiger partial charge in [-0.05, 0) is 43.3 Å². The molecule has 2 aromatic carbocycles. The Labute approximate surface area is 167 Å². The fourth-order valence-electron chi connectivity index (χ4n) is 2.85. The van der Waals surface area contributed by atoms with Gasteiger partial charge in [0.25, 0.3) is 5.91 Å². The molecule has 0 bridgehead atoms. The highest BCUT2D eigenvalue weighted by Crippen LogP contribution is 2.32. The van der Waals surface area contributed by atoms with E-state index in [2.05, 4.69) is 26.7 Å². The summed E-state index contributed by atoms with van der Waals surface area (Å²) < 4.78 is 11.0. The number of nitriles is 1. The summed E-state index contributed by atoms with van der Waals surface area (Å²) >= 11 is 0. The minimum absolute atomic E-state index is 0.214. The fourth-order valence-corrected chi connectivity index (χ4v) is 2.85. The first-order valence-electron chi connectivity index (χ1n) is 8.94. The number of aryl methyl sites for hydroxylation is 1. The molecular formula is C21H17N5O3.